The molecule has 1 amide bonds. The van der Waals surface area contributed by atoms with Crippen molar-refractivity contribution in [2.75, 3.05) is 13.7 Å². The molecule has 3 aromatic rings. The summed E-state index contributed by atoms with van der Waals surface area (Å²) in [4.78, 5) is 24.3. The van der Waals surface area contributed by atoms with Gasteiger partial charge in [0.2, 0.25) is 5.91 Å². The number of benzene rings is 2. The summed E-state index contributed by atoms with van der Waals surface area (Å²) < 4.78 is 13.0. The van der Waals surface area contributed by atoms with Crippen molar-refractivity contribution in [2.45, 2.75) is 63.3 Å². The number of hydrogen-bond donors (Lipinski definition) is 1. The van der Waals surface area contributed by atoms with Crippen molar-refractivity contribution in [3.05, 3.63) is 64.8 Å². The van der Waals surface area contributed by atoms with Gasteiger partial charge in [-0.2, -0.15) is 0 Å². The molecule has 0 bridgehead atoms. The number of fused-ring (bicyclic) bond motifs is 3. The topological polar surface area (TPSA) is 83.6 Å². The molecule has 2 aliphatic carbocycles. The Morgan fingerprint density at radius 3 is 2.50 bits per heavy atom. The van der Waals surface area contributed by atoms with E-state index in [0.717, 1.165) is 47.8 Å². The van der Waals surface area contributed by atoms with E-state index in [1.807, 2.05) is 12.1 Å². The molecule has 2 aromatic carbocycles. The number of amides is 1. The van der Waals surface area contributed by atoms with Gasteiger partial charge in [0.25, 0.3) is 0 Å². The van der Waals surface area contributed by atoms with Crippen molar-refractivity contribution in [2.24, 2.45) is 5.73 Å². The van der Waals surface area contributed by atoms with Gasteiger partial charge in [0.1, 0.15) is 5.75 Å². The molecule has 0 saturated heterocycles. The number of esters is 1. The van der Waals surface area contributed by atoms with Crippen molar-refractivity contribution >= 4 is 22.8 Å². The highest BCUT2D eigenvalue weighted by Gasteiger charge is 2.31. The van der Waals surface area contributed by atoms with Gasteiger partial charge in [0, 0.05) is 17.6 Å². The first-order valence-electron chi connectivity index (χ1n) is 12.3. The van der Waals surface area contributed by atoms with Crippen LogP contribution < -0.4 is 10.5 Å². The van der Waals surface area contributed by atoms with Gasteiger partial charge < -0.3 is 19.8 Å². The quantitative estimate of drug-likeness (QED) is 0.405. The van der Waals surface area contributed by atoms with Crippen molar-refractivity contribution in [1.29, 1.82) is 0 Å². The fraction of sp³-hybridized carbons (Fsp3) is 0.429. The predicted molar refractivity (Wildman–Crippen MR) is 131 cm³/mol. The Balaban J connectivity index is 1.60. The molecular formula is C28H32N2O4. The van der Waals surface area contributed by atoms with Gasteiger partial charge in [0.15, 0.2) is 6.61 Å². The van der Waals surface area contributed by atoms with Crippen LogP contribution in [0, 0.1) is 0 Å². The molecule has 6 nitrogen and oxygen atoms in total. The molecule has 0 radical (unpaired) electrons. The summed E-state index contributed by atoms with van der Waals surface area (Å²) in [5, 5.41) is 0.887. The minimum Gasteiger partial charge on any atom is -0.481 e. The average molecular weight is 461 g/mol. The molecule has 1 atom stereocenters. The van der Waals surface area contributed by atoms with E-state index in [9.17, 15) is 9.59 Å². The third-order valence-corrected chi connectivity index (χ3v) is 7.52. The fourth-order valence-electron chi connectivity index (χ4n) is 5.48. The molecule has 1 unspecified atom stereocenters. The van der Waals surface area contributed by atoms with E-state index >= 15 is 0 Å². The number of aromatic nitrogens is 1. The average Bonchev–Trinajstić information content (AvgIpc) is 2.95. The normalized spacial score (nSPS) is 18.1. The van der Waals surface area contributed by atoms with E-state index in [1.165, 1.54) is 37.5 Å². The van der Waals surface area contributed by atoms with Crippen LogP contribution in [0.4, 0.5) is 0 Å². The molecule has 1 aromatic heterocycles. The number of ether oxygens (including phenoxy) is 2. The lowest BCUT2D eigenvalue weighted by Crippen LogP contribution is -2.21. The minimum absolute atomic E-state index is 0.181. The molecule has 0 aliphatic heterocycles. The summed E-state index contributed by atoms with van der Waals surface area (Å²) in [6.07, 6.45) is 7.47. The Morgan fingerprint density at radius 1 is 1.03 bits per heavy atom. The van der Waals surface area contributed by atoms with Crippen LogP contribution in [0.2, 0.25) is 0 Å². The number of carbonyl (C=O) groups is 2. The van der Waals surface area contributed by atoms with Gasteiger partial charge in [-0.15, -0.1) is 0 Å². The number of hydrogen-bond acceptors (Lipinski definition) is 4. The molecule has 1 saturated carbocycles. The first-order chi connectivity index (χ1) is 16.6. The highest BCUT2D eigenvalue weighted by molar-refractivity contribution is 5.97. The summed E-state index contributed by atoms with van der Waals surface area (Å²) in [6.45, 7) is 0.530. The minimum atomic E-state index is -0.444. The highest BCUT2D eigenvalue weighted by Crippen LogP contribution is 2.43. The van der Waals surface area contributed by atoms with Crippen LogP contribution in [0.15, 0.2) is 42.5 Å². The smallest absolute Gasteiger partial charge is 0.343 e. The van der Waals surface area contributed by atoms with E-state index in [4.69, 9.17) is 15.2 Å². The Hall–Kier alpha value is -3.28. The second-order valence-electron chi connectivity index (χ2n) is 9.53. The van der Waals surface area contributed by atoms with E-state index < -0.39 is 5.97 Å². The third-order valence-electron chi connectivity index (χ3n) is 7.52. The van der Waals surface area contributed by atoms with E-state index in [1.54, 1.807) is 0 Å². The first kappa shape index (κ1) is 22.5. The molecule has 0 spiro atoms. The number of carbonyl (C=O) groups excluding carboxylic acids is 2. The molecule has 1 fully saturated rings. The van der Waals surface area contributed by atoms with Crippen LogP contribution in [0.3, 0.4) is 0 Å². The Morgan fingerprint density at radius 2 is 1.82 bits per heavy atom. The van der Waals surface area contributed by atoms with Crippen LogP contribution in [0.1, 0.15) is 72.7 Å². The molecule has 2 aliphatic rings. The van der Waals surface area contributed by atoms with Crippen LogP contribution in [0.5, 0.6) is 5.75 Å². The van der Waals surface area contributed by atoms with Gasteiger partial charge in [-0.25, -0.2) is 4.79 Å². The lowest BCUT2D eigenvalue weighted by Gasteiger charge is -2.25. The number of methoxy groups -OCH3 is 1. The zero-order valence-corrected chi connectivity index (χ0v) is 19.7. The zero-order valence-electron chi connectivity index (χ0n) is 19.7. The number of primary amides is 1. The van der Waals surface area contributed by atoms with E-state index in [0.29, 0.717) is 18.2 Å². The fourth-order valence-corrected chi connectivity index (χ4v) is 5.48. The van der Waals surface area contributed by atoms with Gasteiger partial charge in [-0.3, -0.25) is 4.79 Å². The molecule has 6 heteroatoms. The van der Waals surface area contributed by atoms with Crippen LogP contribution in [-0.2, 0) is 27.3 Å². The molecule has 5 rings (SSSR count). The van der Waals surface area contributed by atoms with Gasteiger partial charge in [-0.05, 0) is 66.8 Å². The second-order valence-corrected chi connectivity index (χ2v) is 9.53. The van der Waals surface area contributed by atoms with Crippen molar-refractivity contribution < 1.29 is 19.1 Å². The summed E-state index contributed by atoms with van der Waals surface area (Å²) in [7, 11) is 1.34. The Kier molecular flexibility index (Phi) is 6.31. The standard InChI is InChI=1S/C28H32N2O4/c1-33-25(31)17-34-24-11-5-10-23-27(24)26-21(28(29)32)8-2-3-9-22(26)30(23)16-18-12-14-20(15-13-18)19-6-4-7-19/h5,10-15,19,21H,2-4,6-9,16-17H2,1H3,(H2,29,32). The molecule has 2 N–H and O–H groups in total. The maximum absolute atomic E-state index is 12.5. The SMILES string of the molecule is COC(=O)COc1cccc2c1c1c(n2Cc2ccc(C3CCC3)cc2)CCCCC1C(N)=O. The maximum atomic E-state index is 12.5. The maximum Gasteiger partial charge on any atom is 0.343 e. The second kappa shape index (κ2) is 9.53. The lowest BCUT2D eigenvalue weighted by molar-refractivity contribution is -0.142. The molecule has 178 valence electrons. The zero-order chi connectivity index (χ0) is 23.7. The number of rotatable bonds is 7. The molecule has 34 heavy (non-hydrogen) atoms. The third kappa shape index (κ3) is 4.17. The highest BCUT2D eigenvalue weighted by atomic mass is 16.6. The first-order valence-corrected chi connectivity index (χ1v) is 12.3. The summed E-state index contributed by atoms with van der Waals surface area (Å²) >= 11 is 0. The summed E-state index contributed by atoms with van der Waals surface area (Å²) in [6, 6.07) is 14.8. The Bertz CT molecular complexity index is 1210. The van der Waals surface area contributed by atoms with Crippen LogP contribution >= 0.6 is 0 Å². The number of nitrogens with zero attached hydrogens (tertiary/aromatic N) is 1. The van der Waals surface area contributed by atoms with Gasteiger partial charge >= 0.3 is 5.97 Å². The predicted octanol–water partition coefficient (Wildman–Crippen LogP) is 4.80. The summed E-state index contributed by atoms with van der Waals surface area (Å²) in [5.41, 5.74) is 11.7. The largest absolute Gasteiger partial charge is 0.481 e. The summed E-state index contributed by atoms with van der Waals surface area (Å²) in [5.74, 6) is 0.176. The number of nitrogens with two attached hydrogens (primary N) is 1. The van der Waals surface area contributed by atoms with Crippen LogP contribution in [-0.4, -0.2) is 30.2 Å². The van der Waals surface area contributed by atoms with Crippen molar-refractivity contribution in [3.63, 3.8) is 0 Å². The monoisotopic (exact) mass is 460 g/mol. The molecule has 1 heterocycles. The Labute approximate surface area is 200 Å². The van der Waals surface area contributed by atoms with E-state index in [-0.39, 0.29) is 18.4 Å². The van der Waals surface area contributed by atoms with Crippen molar-refractivity contribution in [3.8, 4) is 5.75 Å². The lowest BCUT2D eigenvalue weighted by atomic mass is 9.80. The van der Waals surface area contributed by atoms with Crippen LogP contribution in [0.25, 0.3) is 10.9 Å². The van der Waals surface area contributed by atoms with Gasteiger partial charge in [0.05, 0.1) is 18.5 Å². The van der Waals surface area contributed by atoms with Gasteiger partial charge in [-0.1, -0.05) is 43.2 Å². The van der Waals surface area contributed by atoms with Crippen molar-refractivity contribution in [1.82, 2.24) is 4.57 Å². The van der Waals surface area contributed by atoms with E-state index in [2.05, 4.69) is 34.9 Å². The molecular weight excluding hydrogens is 428 g/mol.